The lowest BCUT2D eigenvalue weighted by Gasteiger charge is -2.24. The minimum atomic E-state index is -0.209. The van der Waals surface area contributed by atoms with Crippen molar-refractivity contribution in [1.82, 2.24) is 4.90 Å². The quantitative estimate of drug-likeness (QED) is 0.875. The van der Waals surface area contributed by atoms with Crippen molar-refractivity contribution in [3.63, 3.8) is 0 Å². The number of carbonyl (C=O) groups is 1. The molecule has 124 valence electrons. The third-order valence-corrected chi connectivity index (χ3v) is 3.77. The fourth-order valence-corrected chi connectivity index (χ4v) is 2.56. The summed E-state index contributed by atoms with van der Waals surface area (Å²) in [6.45, 7) is 6.23. The molecule has 0 radical (unpaired) electrons. The number of nitrogens with one attached hydrogen (secondary N) is 1. The number of anilines is 1. The number of ether oxygens (including phenoxy) is 2. The van der Waals surface area contributed by atoms with Gasteiger partial charge in [-0.1, -0.05) is 0 Å². The van der Waals surface area contributed by atoms with Crippen LogP contribution in [0.3, 0.4) is 0 Å². The molecule has 2 amide bonds. The van der Waals surface area contributed by atoms with E-state index in [0.717, 1.165) is 19.4 Å². The number of nitrogens with zero attached hydrogens (tertiary/aromatic N) is 2. The van der Waals surface area contributed by atoms with Crippen LogP contribution in [0.25, 0.3) is 0 Å². The molecule has 6 nitrogen and oxygen atoms in total. The lowest BCUT2D eigenvalue weighted by atomic mass is 10.2. The van der Waals surface area contributed by atoms with Gasteiger partial charge in [-0.2, -0.15) is 5.26 Å². The predicted octanol–water partition coefficient (Wildman–Crippen LogP) is 2.99. The first-order valence-corrected chi connectivity index (χ1v) is 8.02. The maximum atomic E-state index is 12.5. The normalized spacial score (nSPS) is 16.7. The van der Waals surface area contributed by atoms with Crippen LogP contribution in [-0.2, 0) is 4.74 Å². The fraction of sp³-hybridized carbons (Fsp3) is 0.529. The third kappa shape index (κ3) is 4.60. The van der Waals surface area contributed by atoms with E-state index >= 15 is 0 Å². The Hall–Kier alpha value is -2.26. The lowest BCUT2D eigenvalue weighted by Crippen LogP contribution is -2.40. The summed E-state index contributed by atoms with van der Waals surface area (Å²) in [5, 5.41) is 11.9. The first-order valence-electron chi connectivity index (χ1n) is 8.02. The van der Waals surface area contributed by atoms with E-state index in [1.165, 1.54) is 0 Å². The Labute approximate surface area is 137 Å². The van der Waals surface area contributed by atoms with Crippen LogP contribution in [0.15, 0.2) is 18.2 Å². The Morgan fingerprint density at radius 3 is 2.96 bits per heavy atom. The molecule has 0 spiro atoms. The zero-order valence-electron chi connectivity index (χ0n) is 13.7. The second kappa shape index (κ2) is 8.39. The van der Waals surface area contributed by atoms with Crippen molar-refractivity contribution in [3.05, 3.63) is 23.8 Å². The van der Waals surface area contributed by atoms with Gasteiger partial charge in [0.25, 0.3) is 0 Å². The molecule has 0 aliphatic carbocycles. The van der Waals surface area contributed by atoms with Gasteiger partial charge in [-0.15, -0.1) is 0 Å². The molecule has 0 bridgehead atoms. The van der Waals surface area contributed by atoms with E-state index in [4.69, 9.17) is 14.7 Å². The number of amides is 2. The molecule has 1 atom stereocenters. The summed E-state index contributed by atoms with van der Waals surface area (Å²) in [5.41, 5.74) is 0.993. The van der Waals surface area contributed by atoms with Crippen LogP contribution < -0.4 is 10.1 Å². The minimum absolute atomic E-state index is 0.109. The zero-order valence-corrected chi connectivity index (χ0v) is 13.7. The maximum absolute atomic E-state index is 12.5. The zero-order chi connectivity index (χ0) is 16.7. The van der Waals surface area contributed by atoms with Gasteiger partial charge in [0.1, 0.15) is 5.75 Å². The third-order valence-electron chi connectivity index (χ3n) is 3.77. The highest BCUT2D eigenvalue weighted by Crippen LogP contribution is 2.26. The summed E-state index contributed by atoms with van der Waals surface area (Å²) in [5.74, 6) is 0.563. The number of carbonyl (C=O) groups excluding carboxylic acids is 1. The van der Waals surface area contributed by atoms with Crippen LogP contribution in [0.4, 0.5) is 10.5 Å². The Bertz CT molecular complexity index is 577. The fourth-order valence-electron chi connectivity index (χ4n) is 2.56. The Kier molecular flexibility index (Phi) is 6.24. The van der Waals surface area contributed by atoms with Gasteiger partial charge >= 0.3 is 6.03 Å². The molecule has 23 heavy (non-hydrogen) atoms. The van der Waals surface area contributed by atoms with Gasteiger partial charge in [0, 0.05) is 19.7 Å². The highest BCUT2D eigenvalue weighted by molar-refractivity contribution is 5.91. The SMILES string of the molecule is CCOc1ccc(C#N)cc1NC(=O)N(CC)CC1CCCO1. The number of nitriles is 1. The maximum Gasteiger partial charge on any atom is 0.322 e. The molecule has 1 aliphatic rings. The number of hydrogen-bond acceptors (Lipinski definition) is 4. The highest BCUT2D eigenvalue weighted by Gasteiger charge is 2.22. The molecule has 0 saturated carbocycles. The van der Waals surface area contributed by atoms with Crippen LogP contribution in [0.1, 0.15) is 32.3 Å². The second-order valence-corrected chi connectivity index (χ2v) is 5.36. The molecule has 6 heteroatoms. The monoisotopic (exact) mass is 317 g/mol. The first kappa shape index (κ1) is 17.1. The van der Waals surface area contributed by atoms with Crippen LogP contribution in [0.2, 0.25) is 0 Å². The van der Waals surface area contributed by atoms with E-state index in [0.29, 0.717) is 36.7 Å². The van der Waals surface area contributed by atoms with Crippen molar-refractivity contribution in [2.45, 2.75) is 32.8 Å². The number of benzene rings is 1. The first-order chi connectivity index (χ1) is 11.2. The second-order valence-electron chi connectivity index (χ2n) is 5.36. The number of rotatable bonds is 6. The number of likely N-dealkylation sites (N-methyl/N-ethyl adjacent to an activating group) is 1. The van der Waals surface area contributed by atoms with Crippen LogP contribution in [0.5, 0.6) is 5.75 Å². The van der Waals surface area contributed by atoms with Gasteiger partial charge in [0.2, 0.25) is 0 Å². The van der Waals surface area contributed by atoms with Crippen LogP contribution in [-0.4, -0.2) is 43.3 Å². The molecule has 1 aromatic carbocycles. The molecule has 2 rings (SSSR count). The summed E-state index contributed by atoms with van der Waals surface area (Å²) in [6, 6.07) is 6.86. The largest absolute Gasteiger partial charge is 0.492 e. The van der Waals surface area contributed by atoms with Gasteiger partial charge in [-0.3, -0.25) is 0 Å². The van der Waals surface area contributed by atoms with Crippen molar-refractivity contribution in [1.29, 1.82) is 5.26 Å². The molecule has 1 unspecified atom stereocenters. The van der Waals surface area contributed by atoms with Crippen molar-refractivity contribution < 1.29 is 14.3 Å². The smallest absolute Gasteiger partial charge is 0.322 e. The van der Waals surface area contributed by atoms with Gasteiger partial charge in [0.15, 0.2) is 0 Å². The topological polar surface area (TPSA) is 74.6 Å². The summed E-state index contributed by atoms with van der Waals surface area (Å²) in [4.78, 5) is 14.2. The summed E-state index contributed by atoms with van der Waals surface area (Å²) in [6.07, 6.45) is 2.14. The van der Waals surface area contributed by atoms with Gasteiger partial charge in [-0.05, 0) is 44.9 Å². The Morgan fingerprint density at radius 1 is 1.52 bits per heavy atom. The van der Waals surface area contributed by atoms with Crippen molar-refractivity contribution in [2.24, 2.45) is 0 Å². The van der Waals surface area contributed by atoms with Crippen molar-refractivity contribution in [2.75, 3.05) is 31.6 Å². The predicted molar refractivity (Wildman–Crippen MR) is 87.6 cm³/mol. The molecular weight excluding hydrogens is 294 g/mol. The van der Waals surface area contributed by atoms with Crippen LogP contribution in [0, 0.1) is 11.3 Å². The van der Waals surface area contributed by atoms with E-state index in [2.05, 4.69) is 11.4 Å². The molecule has 1 N–H and O–H groups in total. The van der Waals surface area contributed by atoms with E-state index in [1.54, 1.807) is 23.1 Å². The Balaban J connectivity index is 2.08. The van der Waals surface area contributed by atoms with Crippen molar-refractivity contribution in [3.8, 4) is 11.8 Å². The van der Waals surface area contributed by atoms with E-state index in [1.807, 2.05) is 13.8 Å². The number of urea groups is 1. The van der Waals surface area contributed by atoms with Gasteiger partial charge in [0.05, 0.1) is 30.0 Å². The molecule has 1 aliphatic heterocycles. The highest BCUT2D eigenvalue weighted by atomic mass is 16.5. The summed E-state index contributed by atoms with van der Waals surface area (Å²) >= 11 is 0. The average Bonchev–Trinajstić information content (AvgIpc) is 3.07. The average molecular weight is 317 g/mol. The van der Waals surface area contributed by atoms with Crippen LogP contribution >= 0.6 is 0 Å². The lowest BCUT2D eigenvalue weighted by molar-refractivity contribution is 0.0849. The van der Waals surface area contributed by atoms with E-state index in [-0.39, 0.29) is 12.1 Å². The minimum Gasteiger partial charge on any atom is -0.492 e. The molecule has 1 saturated heterocycles. The Morgan fingerprint density at radius 2 is 2.35 bits per heavy atom. The van der Waals surface area contributed by atoms with E-state index in [9.17, 15) is 4.79 Å². The molecule has 0 aromatic heterocycles. The molecule has 1 fully saturated rings. The van der Waals surface area contributed by atoms with Gasteiger partial charge in [-0.25, -0.2) is 4.79 Å². The molecule has 1 heterocycles. The summed E-state index contributed by atoms with van der Waals surface area (Å²) < 4.78 is 11.1. The molecule has 1 aromatic rings. The standard InChI is InChI=1S/C17H23N3O3/c1-3-20(12-14-6-5-9-23-14)17(21)19-15-10-13(11-18)7-8-16(15)22-4-2/h7-8,10,14H,3-6,9,12H2,1-2H3,(H,19,21). The van der Waals surface area contributed by atoms with E-state index < -0.39 is 0 Å². The number of hydrogen-bond donors (Lipinski definition) is 1. The summed E-state index contributed by atoms with van der Waals surface area (Å²) in [7, 11) is 0. The van der Waals surface area contributed by atoms with Crippen molar-refractivity contribution >= 4 is 11.7 Å². The molecular formula is C17H23N3O3. The van der Waals surface area contributed by atoms with Gasteiger partial charge < -0.3 is 19.7 Å².